The molecule has 144 valence electrons. The van der Waals surface area contributed by atoms with Crippen LogP contribution in [0.4, 0.5) is 0 Å². The summed E-state index contributed by atoms with van der Waals surface area (Å²) in [5, 5.41) is 0. The van der Waals surface area contributed by atoms with Crippen molar-refractivity contribution in [2.24, 2.45) is 5.92 Å². The fourth-order valence-corrected chi connectivity index (χ4v) is 3.54. The number of hydrogen-bond acceptors (Lipinski definition) is 4. The summed E-state index contributed by atoms with van der Waals surface area (Å²) in [7, 11) is 0. The largest absolute Gasteiger partial charge is 0.484 e. The van der Waals surface area contributed by atoms with Gasteiger partial charge in [-0.2, -0.15) is 0 Å². The molecule has 1 aliphatic carbocycles. The summed E-state index contributed by atoms with van der Waals surface area (Å²) >= 11 is 0. The molecule has 2 atom stereocenters. The lowest BCUT2D eigenvalue weighted by atomic mass is 9.84. The molecule has 1 saturated carbocycles. The Morgan fingerprint density at radius 3 is 2.50 bits per heavy atom. The molecule has 2 rings (SSSR count). The number of nitrogens with zero attached hydrogens (tertiary/aromatic N) is 1. The average molecular weight is 361 g/mol. The van der Waals surface area contributed by atoms with Crippen molar-refractivity contribution in [1.82, 2.24) is 4.90 Å². The second-order valence-electron chi connectivity index (χ2n) is 7.07. The number of esters is 1. The molecule has 1 fully saturated rings. The number of ether oxygens (including phenoxy) is 2. The standard InChI is InChI=1S/C21H31NO4/c1-4-25-21(24)13-14-22(19-8-6-5-7-17(19)3)20(23)15-26-18-11-9-16(2)10-12-18/h9-12,17,19H,4-8,13-15H2,1-3H3. The molecule has 1 amide bonds. The van der Waals surface area contributed by atoms with Gasteiger partial charge in [-0.15, -0.1) is 0 Å². The predicted octanol–water partition coefficient (Wildman–Crippen LogP) is 3.73. The molecule has 0 heterocycles. The van der Waals surface area contributed by atoms with Crippen LogP contribution in [0.1, 0.15) is 51.5 Å². The Balaban J connectivity index is 1.99. The molecule has 0 radical (unpaired) electrons. The molecular weight excluding hydrogens is 330 g/mol. The Morgan fingerprint density at radius 2 is 1.85 bits per heavy atom. The van der Waals surface area contributed by atoms with E-state index < -0.39 is 0 Å². The Labute approximate surface area is 156 Å². The summed E-state index contributed by atoms with van der Waals surface area (Å²) in [6.07, 6.45) is 4.66. The van der Waals surface area contributed by atoms with Gasteiger partial charge in [-0.25, -0.2) is 0 Å². The van der Waals surface area contributed by atoms with E-state index >= 15 is 0 Å². The number of aryl methyl sites for hydroxylation is 1. The minimum Gasteiger partial charge on any atom is -0.484 e. The van der Waals surface area contributed by atoms with Gasteiger partial charge in [0.05, 0.1) is 13.0 Å². The highest BCUT2D eigenvalue weighted by Crippen LogP contribution is 2.28. The van der Waals surface area contributed by atoms with E-state index in [9.17, 15) is 9.59 Å². The van der Waals surface area contributed by atoms with Crippen LogP contribution in [0.3, 0.4) is 0 Å². The minimum absolute atomic E-state index is 0.00485. The van der Waals surface area contributed by atoms with Crippen LogP contribution in [-0.2, 0) is 14.3 Å². The lowest BCUT2D eigenvalue weighted by Gasteiger charge is -2.38. The van der Waals surface area contributed by atoms with Gasteiger partial charge in [0, 0.05) is 12.6 Å². The molecule has 0 bridgehead atoms. The summed E-state index contributed by atoms with van der Waals surface area (Å²) in [5.74, 6) is 0.807. The van der Waals surface area contributed by atoms with Crippen LogP contribution in [0.15, 0.2) is 24.3 Å². The van der Waals surface area contributed by atoms with Crippen LogP contribution in [0.25, 0.3) is 0 Å². The summed E-state index contributed by atoms with van der Waals surface area (Å²) < 4.78 is 10.7. The van der Waals surface area contributed by atoms with E-state index in [0.29, 0.717) is 24.8 Å². The monoisotopic (exact) mass is 361 g/mol. The maximum Gasteiger partial charge on any atom is 0.307 e. The molecule has 0 aliphatic heterocycles. The van der Waals surface area contributed by atoms with Crippen molar-refractivity contribution in [2.75, 3.05) is 19.8 Å². The molecule has 5 heteroatoms. The first-order valence-electron chi connectivity index (χ1n) is 9.65. The van der Waals surface area contributed by atoms with E-state index in [4.69, 9.17) is 9.47 Å². The zero-order valence-electron chi connectivity index (χ0n) is 16.2. The number of rotatable bonds is 8. The molecular formula is C21H31NO4. The quantitative estimate of drug-likeness (QED) is 0.662. The van der Waals surface area contributed by atoms with Crippen LogP contribution in [0.5, 0.6) is 5.75 Å². The van der Waals surface area contributed by atoms with Crippen molar-refractivity contribution < 1.29 is 19.1 Å². The second-order valence-corrected chi connectivity index (χ2v) is 7.07. The Bertz CT molecular complexity index is 584. The zero-order valence-corrected chi connectivity index (χ0v) is 16.2. The summed E-state index contributed by atoms with van der Waals surface area (Å²) in [6, 6.07) is 7.83. The normalized spacial score (nSPS) is 19.7. The molecule has 1 aliphatic rings. The third-order valence-electron chi connectivity index (χ3n) is 5.03. The molecule has 2 unspecified atom stereocenters. The molecule has 1 aromatic rings. The lowest BCUT2D eigenvalue weighted by Crippen LogP contribution is -2.48. The van der Waals surface area contributed by atoms with Gasteiger partial charge in [0.15, 0.2) is 6.61 Å². The molecule has 5 nitrogen and oxygen atoms in total. The lowest BCUT2D eigenvalue weighted by molar-refractivity contribution is -0.145. The van der Waals surface area contributed by atoms with Gasteiger partial charge < -0.3 is 14.4 Å². The molecule has 0 spiro atoms. The van der Waals surface area contributed by atoms with Crippen molar-refractivity contribution in [3.05, 3.63) is 29.8 Å². The smallest absolute Gasteiger partial charge is 0.307 e. The molecule has 0 N–H and O–H groups in total. The van der Waals surface area contributed by atoms with Crippen molar-refractivity contribution in [3.8, 4) is 5.75 Å². The van der Waals surface area contributed by atoms with Crippen LogP contribution in [0.2, 0.25) is 0 Å². The van der Waals surface area contributed by atoms with Gasteiger partial charge in [0.2, 0.25) is 0 Å². The average Bonchev–Trinajstić information content (AvgIpc) is 2.63. The van der Waals surface area contributed by atoms with Gasteiger partial charge in [-0.05, 0) is 44.7 Å². The second kappa shape index (κ2) is 10.2. The number of amides is 1. The molecule has 26 heavy (non-hydrogen) atoms. The first-order chi connectivity index (χ1) is 12.5. The van der Waals surface area contributed by atoms with Crippen LogP contribution >= 0.6 is 0 Å². The van der Waals surface area contributed by atoms with E-state index in [-0.39, 0.29) is 30.9 Å². The Kier molecular flexibility index (Phi) is 7.95. The topological polar surface area (TPSA) is 55.8 Å². The minimum atomic E-state index is -0.256. The number of hydrogen-bond donors (Lipinski definition) is 0. The maximum atomic E-state index is 12.8. The number of carbonyl (C=O) groups is 2. The summed E-state index contributed by atoms with van der Waals surface area (Å²) in [6.45, 7) is 6.74. The third kappa shape index (κ3) is 6.04. The van der Waals surface area contributed by atoms with Crippen LogP contribution in [-0.4, -0.2) is 42.6 Å². The fraction of sp³-hybridized carbons (Fsp3) is 0.619. The molecule has 0 aromatic heterocycles. The van der Waals surface area contributed by atoms with Crippen molar-refractivity contribution in [1.29, 1.82) is 0 Å². The highest BCUT2D eigenvalue weighted by Gasteiger charge is 2.30. The highest BCUT2D eigenvalue weighted by atomic mass is 16.5. The molecule has 0 saturated heterocycles. The molecule has 1 aromatic carbocycles. The highest BCUT2D eigenvalue weighted by molar-refractivity contribution is 5.79. The maximum absolute atomic E-state index is 12.8. The van der Waals surface area contributed by atoms with E-state index in [2.05, 4.69) is 6.92 Å². The number of benzene rings is 1. The SMILES string of the molecule is CCOC(=O)CCN(C(=O)COc1ccc(C)cc1)C1CCCCC1C. The predicted molar refractivity (Wildman–Crippen MR) is 101 cm³/mol. The summed E-state index contributed by atoms with van der Waals surface area (Å²) in [4.78, 5) is 26.4. The summed E-state index contributed by atoms with van der Waals surface area (Å²) in [5.41, 5.74) is 1.15. The number of carbonyl (C=O) groups excluding carboxylic acids is 2. The first kappa shape index (κ1) is 20.3. The Morgan fingerprint density at radius 1 is 1.15 bits per heavy atom. The Hall–Kier alpha value is -2.04. The van der Waals surface area contributed by atoms with Gasteiger partial charge in [0.25, 0.3) is 5.91 Å². The van der Waals surface area contributed by atoms with Gasteiger partial charge >= 0.3 is 5.97 Å². The van der Waals surface area contributed by atoms with E-state index in [1.165, 1.54) is 6.42 Å². The van der Waals surface area contributed by atoms with Gasteiger partial charge in [-0.3, -0.25) is 9.59 Å². The van der Waals surface area contributed by atoms with Crippen molar-refractivity contribution in [3.63, 3.8) is 0 Å². The van der Waals surface area contributed by atoms with Crippen molar-refractivity contribution in [2.45, 2.75) is 58.9 Å². The van der Waals surface area contributed by atoms with Gasteiger partial charge in [-0.1, -0.05) is 37.5 Å². The van der Waals surface area contributed by atoms with Crippen LogP contribution < -0.4 is 4.74 Å². The van der Waals surface area contributed by atoms with Gasteiger partial charge in [0.1, 0.15) is 5.75 Å². The van der Waals surface area contributed by atoms with Crippen molar-refractivity contribution >= 4 is 11.9 Å². The zero-order chi connectivity index (χ0) is 18.9. The first-order valence-corrected chi connectivity index (χ1v) is 9.65. The van der Waals surface area contributed by atoms with E-state index in [1.807, 2.05) is 36.1 Å². The fourth-order valence-electron chi connectivity index (χ4n) is 3.54. The van der Waals surface area contributed by atoms with Crippen LogP contribution in [0, 0.1) is 12.8 Å². The van der Waals surface area contributed by atoms with E-state index in [0.717, 1.165) is 24.8 Å². The van der Waals surface area contributed by atoms with E-state index in [1.54, 1.807) is 6.92 Å². The third-order valence-corrected chi connectivity index (χ3v) is 5.03.